The summed E-state index contributed by atoms with van der Waals surface area (Å²) in [6.07, 6.45) is 1.09. The van der Waals surface area contributed by atoms with Crippen molar-refractivity contribution in [3.63, 3.8) is 0 Å². The molecule has 1 N–H and O–H groups in total. The van der Waals surface area contributed by atoms with Gasteiger partial charge >= 0.3 is 13.2 Å². The Morgan fingerprint density at radius 2 is 1.37 bits per heavy atom. The number of halogens is 4. The van der Waals surface area contributed by atoms with Crippen molar-refractivity contribution in [2.45, 2.75) is 31.3 Å². The first-order valence-electron chi connectivity index (χ1n) is 7.63. The molecule has 0 aromatic heterocycles. The van der Waals surface area contributed by atoms with Gasteiger partial charge in [-0.15, -0.1) is 0 Å². The van der Waals surface area contributed by atoms with Crippen molar-refractivity contribution in [1.82, 2.24) is 0 Å². The fourth-order valence-electron chi connectivity index (χ4n) is 2.24. The van der Waals surface area contributed by atoms with Gasteiger partial charge in [0.15, 0.2) is 9.84 Å². The van der Waals surface area contributed by atoms with Gasteiger partial charge < -0.3 is 14.8 Å². The summed E-state index contributed by atoms with van der Waals surface area (Å²) in [6, 6.07) is 10.4. The highest BCUT2D eigenvalue weighted by molar-refractivity contribution is 7.90. The van der Waals surface area contributed by atoms with Gasteiger partial charge in [-0.1, -0.05) is 6.07 Å². The predicted octanol–water partition coefficient (Wildman–Crippen LogP) is 4.31. The van der Waals surface area contributed by atoms with Crippen molar-refractivity contribution in [3.05, 3.63) is 53.6 Å². The van der Waals surface area contributed by atoms with E-state index in [2.05, 4.69) is 14.8 Å². The number of hydrogen-bond donors (Lipinski definition) is 1. The first-order chi connectivity index (χ1) is 12.6. The van der Waals surface area contributed by atoms with Crippen molar-refractivity contribution < 1.29 is 35.5 Å². The molecule has 0 bridgehead atoms. The van der Waals surface area contributed by atoms with E-state index < -0.39 is 36.3 Å². The Labute approximate surface area is 153 Å². The molecule has 2 aromatic carbocycles. The molecular formula is C17H17F4NO4S. The molecule has 0 saturated heterocycles. The normalized spacial score (nSPS) is 12.0. The van der Waals surface area contributed by atoms with E-state index in [0.717, 1.165) is 6.26 Å². The number of ether oxygens (including phenoxy) is 2. The lowest BCUT2D eigenvalue weighted by molar-refractivity contribution is -0.142. The summed E-state index contributed by atoms with van der Waals surface area (Å²) in [4.78, 5) is 0.151. The van der Waals surface area contributed by atoms with Crippen LogP contribution in [0.5, 0.6) is 0 Å². The molecule has 5 nitrogen and oxygen atoms in total. The van der Waals surface area contributed by atoms with Gasteiger partial charge in [0.25, 0.3) is 0 Å². The molecule has 0 radical (unpaired) electrons. The molecule has 2 rings (SSSR count). The summed E-state index contributed by atoms with van der Waals surface area (Å²) in [7, 11) is -3.32. The van der Waals surface area contributed by atoms with Gasteiger partial charge in [-0.05, 0) is 47.5 Å². The number of sulfone groups is 1. The lowest BCUT2D eigenvalue weighted by Gasteiger charge is -2.14. The smallest absolute Gasteiger partial charge is 0.345 e. The van der Waals surface area contributed by atoms with Gasteiger partial charge in [-0.25, -0.2) is 8.42 Å². The minimum Gasteiger partial charge on any atom is -0.356 e. The molecule has 2 aromatic rings. The zero-order chi connectivity index (χ0) is 20.0. The third-order valence-electron chi connectivity index (χ3n) is 3.51. The van der Waals surface area contributed by atoms with E-state index in [1.165, 1.54) is 24.3 Å². The highest BCUT2D eigenvalue weighted by Crippen LogP contribution is 2.24. The molecular weight excluding hydrogens is 390 g/mol. The average Bonchev–Trinajstić information content (AvgIpc) is 2.58. The Hall–Kier alpha value is -2.17. The second-order valence-corrected chi connectivity index (χ2v) is 7.56. The highest BCUT2D eigenvalue weighted by Gasteiger charge is 2.11. The number of nitrogens with one attached hydrogen (secondary N) is 1. The van der Waals surface area contributed by atoms with E-state index in [0.29, 0.717) is 11.4 Å². The molecule has 0 aliphatic rings. The SMILES string of the molecule is CS(=O)(=O)c1ccc(Nc2ccc(COC(F)F)c(COC(F)F)c2)cc1. The molecule has 0 amide bonds. The minimum absolute atomic E-state index is 0.151. The predicted molar refractivity (Wildman–Crippen MR) is 90.9 cm³/mol. The molecule has 27 heavy (non-hydrogen) atoms. The maximum atomic E-state index is 12.3. The third kappa shape index (κ3) is 6.81. The highest BCUT2D eigenvalue weighted by atomic mass is 32.2. The van der Waals surface area contributed by atoms with Crippen molar-refractivity contribution in [3.8, 4) is 0 Å². The van der Waals surface area contributed by atoms with E-state index in [9.17, 15) is 26.0 Å². The van der Waals surface area contributed by atoms with Gasteiger partial charge in [0.05, 0.1) is 18.1 Å². The van der Waals surface area contributed by atoms with Crippen LogP contribution in [0.4, 0.5) is 28.9 Å². The Morgan fingerprint density at radius 3 is 1.89 bits per heavy atom. The molecule has 10 heteroatoms. The summed E-state index contributed by atoms with van der Waals surface area (Å²) in [6.45, 7) is -6.93. The monoisotopic (exact) mass is 407 g/mol. The van der Waals surface area contributed by atoms with Gasteiger partial charge in [-0.2, -0.15) is 17.6 Å². The van der Waals surface area contributed by atoms with Crippen LogP contribution < -0.4 is 5.32 Å². The largest absolute Gasteiger partial charge is 0.356 e. The van der Waals surface area contributed by atoms with Crippen LogP contribution in [0, 0.1) is 0 Å². The average molecular weight is 407 g/mol. The van der Waals surface area contributed by atoms with Gasteiger partial charge in [-0.3, -0.25) is 0 Å². The molecule has 0 spiro atoms. The van der Waals surface area contributed by atoms with Crippen LogP contribution in [0.15, 0.2) is 47.4 Å². The van der Waals surface area contributed by atoms with Crippen molar-refractivity contribution >= 4 is 21.2 Å². The van der Waals surface area contributed by atoms with Crippen LogP contribution in [0.2, 0.25) is 0 Å². The van der Waals surface area contributed by atoms with Crippen LogP contribution in [-0.2, 0) is 32.5 Å². The van der Waals surface area contributed by atoms with E-state index in [-0.39, 0.29) is 16.0 Å². The van der Waals surface area contributed by atoms with Crippen LogP contribution in [0.25, 0.3) is 0 Å². The standard InChI is InChI=1S/C17H17F4NO4S/c1-27(23,24)15-6-4-13(5-7-15)22-14-3-2-11(9-25-16(18)19)12(8-14)10-26-17(20)21/h2-8,16-17,22H,9-10H2,1H3. The molecule has 0 aliphatic carbocycles. The summed E-state index contributed by atoms with van der Waals surface area (Å²) >= 11 is 0. The summed E-state index contributed by atoms with van der Waals surface area (Å²) < 4.78 is 80.5. The Kier molecular flexibility index (Phi) is 7.17. The number of benzene rings is 2. The number of rotatable bonds is 9. The third-order valence-corrected chi connectivity index (χ3v) is 4.64. The zero-order valence-corrected chi connectivity index (χ0v) is 15.0. The number of alkyl halides is 4. The van der Waals surface area contributed by atoms with E-state index in [1.807, 2.05) is 0 Å². The maximum absolute atomic E-state index is 12.3. The molecule has 0 aliphatic heterocycles. The fraction of sp³-hybridized carbons (Fsp3) is 0.294. The van der Waals surface area contributed by atoms with Crippen LogP contribution in [-0.4, -0.2) is 27.9 Å². The number of anilines is 2. The van der Waals surface area contributed by atoms with Gasteiger partial charge in [0, 0.05) is 17.6 Å². The lowest BCUT2D eigenvalue weighted by atomic mass is 10.1. The molecule has 0 unspecified atom stereocenters. The van der Waals surface area contributed by atoms with Crippen LogP contribution >= 0.6 is 0 Å². The quantitative estimate of drug-likeness (QED) is 0.628. The maximum Gasteiger partial charge on any atom is 0.345 e. The molecule has 0 fully saturated rings. The van der Waals surface area contributed by atoms with E-state index in [4.69, 9.17) is 0 Å². The minimum atomic E-state index is -3.32. The van der Waals surface area contributed by atoms with Crippen molar-refractivity contribution in [1.29, 1.82) is 0 Å². The fourth-order valence-corrected chi connectivity index (χ4v) is 2.87. The van der Waals surface area contributed by atoms with Crippen LogP contribution in [0.1, 0.15) is 11.1 Å². The van der Waals surface area contributed by atoms with Gasteiger partial charge in [0.2, 0.25) is 0 Å². The molecule has 0 atom stereocenters. The molecule has 0 heterocycles. The number of hydrogen-bond acceptors (Lipinski definition) is 5. The van der Waals surface area contributed by atoms with Crippen molar-refractivity contribution in [2.75, 3.05) is 11.6 Å². The van der Waals surface area contributed by atoms with Gasteiger partial charge in [0.1, 0.15) is 0 Å². The molecule has 0 saturated carbocycles. The van der Waals surface area contributed by atoms with E-state index in [1.54, 1.807) is 18.2 Å². The second-order valence-electron chi connectivity index (χ2n) is 5.55. The Bertz CT molecular complexity index is 858. The topological polar surface area (TPSA) is 64.6 Å². The second kappa shape index (κ2) is 9.16. The first kappa shape index (κ1) is 21.1. The van der Waals surface area contributed by atoms with Crippen LogP contribution in [0.3, 0.4) is 0 Å². The molecule has 148 valence electrons. The lowest BCUT2D eigenvalue weighted by Crippen LogP contribution is -2.06. The zero-order valence-electron chi connectivity index (χ0n) is 14.2. The first-order valence-corrected chi connectivity index (χ1v) is 9.53. The summed E-state index contributed by atoms with van der Waals surface area (Å²) in [5, 5.41) is 2.98. The summed E-state index contributed by atoms with van der Waals surface area (Å²) in [5.41, 5.74) is 1.58. The van der Waals surface area contributed by atoms with Crippen molar-refractivity contribution in [2.24, 2.45) is 0 Å². The Balaban J connectivity index is 2.19. The Morgan fingerprint density at radius 1 is 0.852 bits per heavy atom. The van der Waals surface area contributed by atoms with E-state index >= 15 is 0 Å². The summed E-state index contributed by atoms with van der Waals surface area (Å²) in [5.74, 6) is 0.